The van der Waals surface area contributed by atoms with E-state index in [-0.39, 0.29) is 28.1 Å². The minimum atomic E-state index is -3.98. The topological polar surface area (TPSA) is 57.2 Å². The van der Waals surface area contributed by atoms with Crippen LogP contribution in [0.15, 0.2) is 0 Å². The first-order valence-electron chi connectivity index (χ1n) is 6.50. The fourth-order valence-corrected chi connectivity index (χ4v) is 2.32. The molecule has 0 N–H and O–H groups in total. The van der Waals surface area contributed by atoms with E-state index in [1.54, 1.807) is 0 Å². The molecule has 108 valence electrons. The molecule has 3 nitrogen and oxygen atoms in total. The molecule has 0 aromatic heterocycles. The Kier molecular flexibility index (Phi) is 15.4. The molecule has 0 fully saturated rings. The summed E-state index contributed by atoms with van der Waals surface area (Å²) in [5.41, 5.74) is 0. The van der Waals surface area contributed by atoms with Crippen LogP contribution in [0, 0.1) is 0 Å². The van der Waals surface area contributed by atoms with Gasteiger partial charge in [0.15, 0.2) is 0 Å². The predicted octanol–water partition coefficient (Wildman–Crippen LogP) is 3.45. The molecule has 0 aliphatic rings. The smallest absolute Gasteiger partial charge is 0.748 e. The van der Waals surface area contributed by atoms with E-state index in [4.69, 9.17) is 0 Å². The van der Waals surface area contributed by atoms with E-state index in [0.717, 1.165) is 12.8 Å². The van der Waals surface area contributed by atoms with Crippen LogP contribution in [0.25, 0.3) is 0 Å². The second kappa shape index (κ2) is 13.1. The SMILES string of the molecule is CCCCCCCCCCCCS(=O)(=O)[O-].[Ag+]. The van der Waals surface area contributed by atoms with Crippen LogP contribution in [0.2, 0.25) is 0 Å². The van der Waals surface area contributed by atoms with Gasteiger partial charge in [-0.3, -0.25) is 0 Å². The van der Waals surface area contributed by atoms with Gasteiger partial charge in [-0.25, -0.2) is 8.42 Å². The third-order valence-corrected chi connectivity index (χ3v) is 3.54. The van der Waals surface area contributed by atoms with Crippen LogP contribution < -0.4 is 0 Å². The predicted molar refractivity (Wildman–Crippen MR) is 66.4 cm³/mol. The van der Waals surface area contributed by atoms with Crippen molar-refractivity contribution in [2.45, 2.75) is 71.1 Å². The molecule has 0 bridgehead atoms. The Morgan fingerprint density at radius 3 is 1.47 bits per heavy atom. The molecule has 0 saturated heterocycles. The van der Waals surface area contributed by atoms with Gasteiger partial charge in [0, 0.05) is 5.75 Å². The summed E-state index contributed by atoms with van der Waals surface area (Å²) in [6, 6.07) is 0. The normalized spacial score (nSPS) is 11.2. The van der Waals surface area contributed by atoms with E-state index >= 15 is 0 Å². The first kappa shape index (κ1) is 20.0. The van der Waals surface area contributed by atoms with Crippen molar-refractivity contribution >= 4 is 10.1 Å². The summed E-state index contributed by atoms with van der Waals surface area (Å²) in [7, 11) is -3.98. The van der Waals surface area contributed by atoms with Crippen molar-refractivity contribution in [3.8, 4) is 0 Å². The first-order valence-corrected chi connectivity index (χ1v) is 8.07. The van der Waals surface area contributed by atoms with Crippen LogP contribution in [0.1, 0.15) is 71.1 Å². The van der Waals surface area contributed by atoms with Gasteiger partial charge in [0.25, 0.3) is 0 Å². The van der Waals surface area contributed by atoms with Gasteiger partial charge in [-0.1, -0.05) is 64.7 Å². The van der Waals surface area contributed by atoms with Crippen LogP contribution in [0.5, 0.6) is 0 Å². The second-order valence-corrected chi connectivity index (χ2v) is 5.97. The zero-order valence-electron chi connectivity index (χ0n) is 10.7. The van der Waals surface area contributed by atoms with Crippen molar-refractivity contribution in [3.63, 3.8) is 0 Å². The summed E-state index contributed by atoms with van der Waals surface area (Å²) in [5.74, 6) is -0.191. The summed E-state index contributed by atoms with van der Waals surface area (Å²) in [6.45, 7) is 2.21. The van der Waals surface area contributed by atoms with Crippen molar-refractivity contribution < 1.29 is 35.4 Å². The van der Waals surface area contributed by atoms with E-state index < -0.39 is 10.1 Å². The van der Waals surface area contributed by atoms with Crippen LogP contribution in [-0.4, -0.2) is 18.7 Å². The van der Waals surface area contributed by atoms with Gasteiger partial charge in [0.05, 0.1) is 10.1 Å². The third kappa shape index (κ3) is 19.2. The van der Waals surface area contributed by atoms with Crippen molar-refractivity contribution in [1.82, 2.24) is 0 Å². The van der Waals surface area contributed by atoms with Crippen LogP contribution in [-0.2, 0) is 32.5 Å². The van der Waals surface area contributed by atoms with Gasteiger partial charge in [0.1, 0.15) is 0 Å². The maximum absolute atomic E-state index is 10.3. The van der Waals surface area contributed by atoms with Gasteiger partial charge < -0.3 is 4.55 Å². The quantitative estimate of drug-likeness (QED) is 0.323. The van der Waals surface area contributed by atoms with E-state index in [0.29, 0.717) is 6.42 Å². The molecule has 17 heavy (non-hydrogen) atoms. The molecule has 0 heterocycles. The average Bonchev–Trinajstić information content (AvgIpc) is 2.19. The van der Waals surface area contributed by atoms with Crippen LogP contribution >= 0.6 is 0 Å². The van der Waals surface area contributed by atoms with E-state index in [1.807, 2.05) is 0 Å². The van der Waals surface area contributed by atoms with Gasteiger partial charge >= 0.3 is 22.4 Å². The molecule has 0 spiro atoms. The monoisotopic (exact) mass is 356 g/mol. The Hall–Kier alpha value is 0.650. The Morgan fingerprint density at radius 1 is 0.765 bits per heavy atom. The summed E-state index contributed by atoms with van der Waals surface area (Å²) < 4.78 is 30.9. The molecule has 0 aromatic carbocycles. The number of rotatable bonds is 11. The first-order chi connectivity index (χ1) is 7.56. The minimum Gasteiger partial charge on any atom is -0.748 e. The maximum Gasteiger partial charge on any atom is 1.00 e. The molecule has 0 atom stereocenters. The fraction of sp³-hybridized carbons (Fsp3) is 1.00. The Morgan fingerprint density at radius 2 is 1.12 bits per heavy atom. The molecule has 0 aromatic rings. The molecule has 5 heteroatoms. The number of hydrogen-bond acceptors (Lipinski definition) is 3. The summed E-state index contributed by atoms with van der Waals surface area (Å²) in [5, 5.41) is 0. The molecule has 0 radical (unpaired) electrons. The average molecular weight is 357 g/mol. The van der Waals surface area contributed by atoms with Crippen molar-refractivity contribution in [2.24, 2.45) is 0 Å². The maximum atomic E-state index is 10.3. The molecule has 0 rings (SSSR count). The van der Waals surface area contributed by atoms with Crippen molar-refractivity contribution in [2.75, 3.05) is 5.75 Å². The van der Waals surface area contributed by atoms with Crippen LogP contribution in [0.4, 0.5) is 0 Å². The minimum absolute atomic E-state index is 0. The van der Waals surface area contributed by atoms with Gasteiger partial charge in [-0.05, 0) is 6.42 Å². The number of unbranched alkanes of at least 4 members (excludes halogenated alkanes) is 9. The van der Waals surface area contributed by atoms with E-state index in [9.17, 15) is 13.0 Å². The molecule has 0 saturated carbocycles. The Bertz CT molecular complexity index is 240. The van der Waals surface area contributed by atoms with Crippen LogP contribution in [0.3, 0.4) is 0 Å². The van der Waals surface area contributed by atoms with Crippen molar-refractivity contribution in [3.05, 3.63) is 0 Å². The molecule has 0 unspecified atom stereocenters. The summed E-state index contributed by atoms with van der Waals surface area (Å²) in [4.78, 5) is 0. The largest absolute Gasteiger partial charge is 1.00 e. The van der Waals surface area contributed by atoms with Crippen molar-refractivity contribution in [1.29, 1.82) is 0 Å². The molecular weight excluding hydrogens is 332 g/mol. The fourth-order valence-electron chi connectivity index (χ4n) is 1.77. The van der Waals surface area contributed by atoms with Gasteiger partial charge in [0.2, 0.25) is 0 Å². The van der Waals surface area contributed by atoms with E-state index in [2.05, 4.69) is 6.92 Å². The third-order valence-electron chi connectivity index (χ3n) is 2.75. The standard InChI is InChI=1S/C12H26O3S.Ag/c1-2-3-4-5-6-7-8-9-10-11-12-16(13,14)15;/h2-12H2,1H3,(H,13,14,15);/q;+1/p-1. The molecule has 0 aliphatic heterocycles. The Labute approximate surface area is 122 Å². The van der Waals surface area contributed by atoms with Gasteiger partial charge in [-0.15, -0.1) is 0 Å². The van der Waals surface area contributed by atoms with E-state index in [1.165, 1.54) is 44.9 Å². The molecular formula is C12H25AgO3S. The number of hydrogen-bond donors (Lipinski definition) is 0. The Balaban J connectivity index is 0. The second-order valence-electron chi connectivity index (χ2n) is 4.44. The summed E-state index contributed by atoms with van der Waals surface area (Å²) in [6.07, 6.45) is 11.4. The summed E-state index contributed by atoms with van der Waals surface area (Å²) >= 11 is 0. The molecule has 0 amide bonds. The molecule has 0 aliphatic carbocycles. The zero-order chi connectivity index (χ0) is 12.3. The van der Waals surface area contributed by atoms with Gasteiger partial charge in [-0.2, -0.15) is 0 Å². The zero-order valence-corrected chi connectivity index (χ0v) is 13.0.